The number of carbonyl (C=O) groups excluding carboxylic acids is 1. The van der Waals surface area contributed by atoms with Crippen LogP contribution in [0, 0.1) is 5.82 Å². The van der Waals surface area contributed by atoms with Crippen LogP contribution in [0.15, 0.2) is 125 Å². The van der Waals surface area contributed by atoms with E-state index in [1.807, 2.05) is 79.0 Å². The van der Waals surface area contributed by atoms with E-state index in [1.54, 1.807) is 35.8 Å². The molecule has 4 aromatic carbocycles. The minimum absolute atomic E-state index is 0.171. The van der Waals surface area contributed by atoms with Gasteiger partial charge >= 0.3 is 5.97 Å². The second-order valence-corrected chi connectivity index (χ2v) is 12.3. The number of rotatable bonds is 7. The van der Waals surface area contributed by atoms with E-state index in [0.29, 0.717) is 32.2 Å². The van der Waals surface area contributed by atoms with Gasteiger partial charge in [-0.1, -0.05) is 95.7 Å². The van der Waals surface area contributed by atoms with Gasteiger partial charge in [0.2, 0.25) is 0 Å². The number of ether oxygens (including phenoxy) is 1. The fourth-order valence-corrected chi connectivity index (χ4v) is 6.97. The summed E-state index contributed by atoms with van der Waals surface area (Å²) in [4.78, 5) is 33.4. The van der Waals surface area contributed by atoms with E-state index >= 15 is 0 Å². The van der Waals surface area contributed by atoms with Crippen molar-refractivity contribution in [1.82, 2.24) is 9.13 Å². The lowest BCUT2D eigenvalue weighted by Gasteiger charge is -2.25. The largest absolute Gasteiger partial charge is 0.463 e. The number of halogens is 2. The molecule has 1 aliphatic rings. The van der Waals surface area contributed by atoms with E-state index < -0.39 is 12.0 Å². The number of esters is 1. The quantitative estimate of drug-likeness (QED) is 0.181. The summed E-state index contributed by atoms with van der Waals surface area (Å²) in [6, 6.07) is 30.2. The number of carbonyl (C=O) groups is 1. The Bertz CT molecular complexity index is 2300. The van der Waals surface area contributed by atoms with E-state index in [2.05, 4.69) is 4.57 Å². The number of benzene rings is 4. The molecule has 1 atom stereocenters. The van der Waals surface area contributed by atoms with E-state index in [4.69, 9.17) is 21.3 Å². The zero-order chi connectivity index (χ0) is 31.8. The minimum atomic E-state index is -0.787. The van der Waals surface area contributed by atoms with Crippen LogP contribution in [0.5, 0.6) is 0 Å². The van der Waals surface area contributed by atoms with Crippen molar-refractivity contribution in [2.75, 3.05) is 6.61 Å². The van der Waals surface area contributed by atoms with Crippen LogP contribution in [0.1, 0.15) is 35.2 Å². The zero-order valence-electron chi connectivity index (χ0n) is 24.7. The Labute approximate surface area is 272 Å². The van der Waals surface area contributed by atoms with Crippen LogP contribution in [-0.2, 0) is 16.1 Å². The molecule has 0 saturated carbocycles. The predicted octanol–water partition coefficient (Wildman–Crippen LogP) is 6.73. The summed E-state index contributed by atoms with van der Waals surface area (Å²) < 4.78 is 23.2. The summed E-state index contributed by atoms with van der Waals surface area (Å²) in [6.45, 7) is 2.46. The summed E-state index contributed by atoms with van der Waals surface area (Å²) >= 11 is 7.52. The zero-order valence-corrected chi connectivity index (χ0v) is 26.3. The van der Waals surface area contributed by atoms with E-state index in [1.165, 1.54) is 23.5 Å². The first-order chi connectivity index (χ1) is 22.4. The lowest BCUT2D eigenvalue weighted by Crippen LogP contribution is -2.40. The number of hydrogen-bond donors (Lipinski definition) is 0. The third-order valence-corrected chi connectivity index (χ3v) is 9.17. The molecule has 0 fully saturated rings. The van der Waals surface area contributed by atoms with Gasteiger partial charge in [0.15, 0.2) is 4.80 Å². The normalized spacial score (nSPS) is 14.8. The SMILES string of the molecule is CCOC(=O)C1=C(c2ccccc2)N=c2s/c(=C/c3cn(Cc4ccc(F)cc4)c4ccccc34)c(=O)n2[C@H]1c1ccc(Cl)cc1. The van der Waals surface area contributed by atoms with E-state index in [9.17, 15) is 14.0 Å². The summed E-state index contributed by atoms with van der Waals surface area (Å²) in [5, 5.41) is 1.51. The summed E-state index contributed by atoms with van der Waals surface area (Å²) in [5.74, 6) is -0.821. The highest BCUT2D eigenvalue weighted by Gasteiger charge is 2.35. The molecule has 46 heavy (non-hydrogen) atoms. The van der Waals surface area contributed by atoms with Gasteiger partial charge in [0.1, 0.15) is 5.82 Å². The predicted molar refractivity (Wildman–Crippen MR) is 180 cm³/mol. The monoisotopic (exact) mass is 647 g/mol. The standard InChI is InChI=1S/C37H27ClFN3O3S/c1-2-45-36(44)32-33(24-8-4-3-5-9-24)40-37-42(34(32)25-14-16-27(38)17-15-25)35(43)31(46-37)20-26-22-41(30-11-7-6-10-29(26)30)21-23-12-18-28(39)19-13-23/h3-20,22,34H,2,21H2,1H3/b31-20+/t34-/m0/s1. The molecular formula is C37H27ClFN3O3S. The Balaban J connectivity index is 1.44. The average molecular weight is 648 g/mol. The molecule has 0 unspecified atom stereocenters. The molecule has 7 rings (SSSR count). The summed E-state index contributed by atoms with van der Waals surface area (Å²) in [7, 11) is 0. The fourth-order valence-electron chi connectivity index (χ4n) is 5.85. The van der Waals surface area contributed by atoms with Gasteiger partial charge in [0, 0.05) is 39.8 Å². The maximum Gasteiger partial charge on any atom is 0.338 e. The molecule has 0 amide bonds. The van der Waals surface area contributed by atoms with Crippen molar-refractivity contribution in [3.63, 3.8) is 0 Å². The maximum absolute atomic E-state index is 14.3. The van der Waals surface area contributed by atoms with Gasteiger partial charge in [0.25, 0.3) is 5.56 Å². The van der Waals surface area contributed by atoms with Gasteiger partial charge in [0.05, 0.1) is 28.5 Å². The number of aromatic nitrogens is 2. The van der Waals surface area contributed by atoms with Crippen LogP contribution in [0.25, 0.3) is 22.7 Å². The van der Waals surface area contributed by atoms with Crippen LogP contribution in [0.2, 0.25) is 5.02 Å². The topological polar surface area (TPSA) is 65.6 Å². The Morgan fingerprint density at radius 2 is 1.70 bits per heavy atom. The number of nitrogens with zero attached hydrogens (tertiary/aromatic N) is 3. The number of thiazole rings is 1. The first kappa shape index (κ1) is 29.6. The molecular weight excluding hydrogens is 621 g/mol. The third kappa shape index (κ3) is 5.50. The Morgan fingerprint density at radius 1 is 0.978 bits per heavy atom. The van der Waals surface area contributed by atoms with Crippen molar-refractivity contribution < 1.29 is 13.9 Å². The molecule has 2 aromatic heterocycles. The molecule has 0 saturated heterocycles. The van der Waals surface area contributed by atoms with Crippen LogP contribution >= 0.6 is 22.9 Å². The molecule has 0 radical (unpaired) electrons. The molecule has 0 bridgehead atoms. The van der Waals surface area contributed by atoms with Crippen molar-refractivity contribution in [1.29, 1.82) is 0 Å². The van der Waals surface area contributed by atoms with Gasteiger partial charge in [-0.3, -0.25) is 9.36 Å². The number of hydrogen-bond acceptors (Lipinski definition) is 5. The molecule has 9 heteroatoms. The molecule has 6 nitrogen and oxygen atoms in total. The van der Waals surface area contributed by atoms with Crippen LogP contribution < -0.4 is 14.9 Å². The Morgan fingerprint density at radius 3 is 2.43 bits per heavy atom. The summed E-state index contributed by atoms with van der Waals surface area (Å²) in [5.41, 5.74) is 4.72. The second-order valence-electron chi connectivity index (χ2n) is 10.8. The van der Waals surface area contributed by atoms with Gasteiger partial charge in [-0.25, -0.2) is 14.2 Å². The molecule has 0 N–H and O–H groups in total. The van der Waals surface area contributed by atoms with Gasteiger partial charge in [-0.2, -0.15) is 0 Å². The van der Waals surface area contributed by atoms with Crippen LogP contribution in [0.3, 0.4) is 0 Å². The van der Waals surface area contributed by atoms with Crippen molar-refractivity contribution in [2.24, 2.45) is 4.99 Å². The molecule has 6 aromatic rings. The number of fused-ring (bicyclic) bond motifs is 2. The highest BCUT2D eigenvalue weighted by Crippen LogP contribution is 2.35. The third-order valence-electron chi connectivity index (χ3n) is 7.93. The van der Waals surface area contributed by atoms with E-state index in [0.717, 1.165) is 27.6 Å². The molecule has 0 spiro atoms. The first-order valence-electron chi connectivity index (χ1n) is 14.8. The summed E-state index contributed by atoms with van der Waals surface area (Å²) in [6.07, 6.45) is 3.88. The smallest absolute Gasteiger partial charge is 0.338 e. The molecule has 3 heterocycles. The first-order valence-corrected chi connectivity index (χ1v) is 16.0. The lowest BCUT2D eigenvalue weighted by molar-refractivity contribution is -0.138. The fraction of sp³-hybridized carbons (Fsp3) is 0.108. The Hall–Kier alpha value is -5.05. The van der Waals surface area contributed by atoms with Crippen molar-refractivity contribution in [2.45, 2.75) is 19.5 Å². The van der Waals surface area contributed by atoms with Gasteiger partial charge in [-0.05, 0) is 54.5 Å². The maximum atomic E-state index is 14.3. The lowest BCUT2D eigenvalue weighted by atomic mass is 9.93. The van der Waals surface area contributed by atoms with Crippen LogP contribution in [-0.4, -0.2) is 21.7 Å². The van der Waals surface area contributed by atoms with E-state index in [-0.39, 0.29) is 23.6 Å². The highest BCUT2D eigenvalue weighted by atomic mass is 35.5. The van der Waals surface area contributed by atoms with Crippen molar-refractivity contribution in [3.05, 3.63) is 168 Å². The molecule has 0 aliphatic carbocycles. The second kappa shape index (κ2) is 12.4. The van der Waals surface area contributed by atoms with Gasteiger partial charge in [-0.15, -0.1) is 0 Å². The molecule has 228 valence electrons. The highest BCUT2D eigenvalue weighted by molar-refractivity contribution is 7.07. The Kier molecular flexibility index (Phi) is 7.98. The van der Waals surface area contributed by atoms with Crippen molar-refractivity contribution >= 4 is 51.6 Å². The van der Waals surface area contributed by atoms with Crippen LogP contribution in [0.4, 0.5) is 4.39 Å². The average Bonchev–Trinajstić information content (AvgIpc) is 3.58. The van der Waals surface area contributed by atoms with Crippen molar-refractivity contribution in [3.8, 4) is 0 Å². The minimum Gasteiger partial charge on any atom is -0.463 e. The molecule has 1 aliphatic heterocycles. The van der Waals surface area contributed by atoms with Gasteiger partial charge < -0.3 is 9.30 Å². The number of para-hydroxylation sites is 1.